The number of terminal acetylenes is 1. The summed E-state index contributed by atoms with van der Waals surface area (Å²) >= 11 is 0. The minimum absolute atomic E-state index is 0.0684. The Morgan fingerprint density at radius 2 is 2.19 bits per heavy atom. The van der Waals surface area contributed by atoms with Crippen LogP contribution in [0.4, 0.5) is 0 Å². The van der Waals surface area contributed by atoms with Gasteiger partial charge in [-0.3, -0.25) is 4.79 Å². The number of allylic oxidation sites excluding steroid dienone is 3. The summed E-state index contributed by atoms with van der Waals surface area (Å²) < 4.78 is 0. The highest BCUT2D eigenvalue weighted by atomic mass is 16.4. The lowest BCUT2D eigenvalue weighted by atomic mass is 9.62. The Morgan fingerprint density at radius 3 is 2.71 bits per heavy atom. The third-order valence-corrected chi connectivity index (χ3v) is 3.89. The Kier molecular flexibility index (Phi) is 4.93. The van der Waals surface area contributed by atoms with Crippen molar-refractivity contribution in [1.82, 2.24) is 0 Å². The van der Waals surface area contributed by atoms with E-state index in [4.69, 9.17) is 11.5 Å². The number of carbonyl (C=O) groups is 2. The van der Waals surface area contributed by atoms with Crippen LogP contribution in [0.3, 0.4) is 0 Å². The largest absolute Gasteiger partial charge is 0.478 e. The van der Waals surface area contributed by atoms with Crippen molar-refractivity contribution in [1.29, 1.82) is 0 Å². The lowest BCUT2D eigenvalue weighted by molar-refractivity contribution is -0.131. The minimum atomic E-state index is -1.37. The Hall–Kier alpha value is -2.12. The molecule has 0 radical (unpaired) electrons. The molecule has 0 fully saturated rings. The van der Waals surface area contributed by atoms with Crippen molar-refractivity contribution >= 4 is 11.8 Å². The molecule has 0 aromatic carbocycles. The molecule has 112 valence electrons. The Labute approximate surface area is 124 Å². The van der Waals surface area contributed by atoms with Crippen molar-refractivity contribution in [2.24, 2.45) is 5.41 Å². The summed E-state index contributed by atoms with van der Waals surface area (Å²) in [7, 11) is 0. The summed E-state index contributed by atoms with van der Waals surface area (Å²) in [5.74, 6) is 1.39. The quantitative estimate of drug-likeness (QED) is 0.473. The number of carboxylic acids is 1. The van der Waals surface area contributed by atoms with Crippen molar-refractivity contribution in [3.8, 4) is 12.3 Å². The van der Waals surface area contributed by atoms with Gasteiger partial charge in [0, 0.05) is 24.3 Å². The van der Waals surface area contributed by atoms with Crippen LogP contribution in [-0.4, -0.2) is 27.6 Å². The SMILES string of the molecule is C#CC[C@@]1(C)CC(=O)C=C(C)[C@]1(O)/C=C/C(C)=C\C(=O)O. The molecule has 0 unspecified atom stereocenters. The normalized spacial score (nSPS) is 30.1. The average molecular weight is 288 g/mol. The van der Waals surface area contributed by atoms with Crippen molar-refractivity contribution in [2.75, 3.05) is 0 Å². The van der Waals surface area contributed by atoms with E-state index in [1.54, 1.807) is 20.8 Å². The first-order valence-electron chi connectivity index (χ1n) is 6.62. The van der Waals surface area contributed by atoms with Gasteiger partial charge in [0.1, 0.15) is 5.60 Å². The monoisotopic (exact) mass is 288 g/mol. The van der Waals surface area contributed by atoms with Gasteiger partial charge in [0.25, 0.3) is 0 Å². The lowest BCUT2D eigenvalue weighted by Gasteiger charge is -2.45. The predicted molar refractivity (Wildman–Crippen MR) is 80.4 cm³/mol. The molecule has 4 heteroatoms. The van der Waals surface area contributed by atoms with Gasteiger partial charge in [-0.2, -0.15) is 0 Å². The second-order valence-corrected chi connectivity index (χ2v) is 5.74. The van der Waals surface area contributed by atoms with E-state index in [1.165, 1.54) is 18.2 Å². The highest BCUT2D eigenvalue weighted by molar-refractivity contribution is 5.93. The van der Waals surface area contributed by atoms with Crippen molar-refractivity contribution in [3.05, 3.63) is 35.5 Å². The zero-order valence-electron chi connectivity index (χ0n) is 12.5. The first-order chi connectivity index (χ1) is 9.64. The zero-order chi connectivity index (χ0) is 16.3. The van der Waals surface area contributed by atoms with E-state index in [9.17, 15) is 14.7 Å². The van der Waals surface area contributed by atoms with Crippen LogP contribution in [0.1, 0.15) is 33.6 Å². The maximum absolute atomic E-state index is 11.8. The van der Waals surface area contributed by atoms with Gasteiger partial charge in [0.05, 0.1) is 0 Å². The van der Waals surface area contributed by atoms with E-state index in [1.807, 2.05) is 0 Å². The number of ketones is 1. The van der Waals surface area contributed by atoms with E-state index in [-0.39, 0.29) is 18.6 Å². The molecule has 0 bridgehead atoms. The average Bonchev–Trinajstić information content (AvgIpc) is 2.33. The second kappa shape index (κ2) is 6.11. The van der Waals surface area contributed by atoms with E-state index in [2.05, 4.69) is 5.92 Å². The van der Waals surface area contributed by atoms with Crippen molar-refractivity contribution < 1.29 is 19.8 Å². The summed E-state index contributed by atoms with van der Waals surface area (Å²) in [4.78, 5) is 22.4. The van der Waals surface area contributed by atoms with Crippen LogP contribution in [0.25, 0.3) is 0 Å². The molecule has 1 rings (SSSR count). The summed E-state index contributed by atoms with van der Waals surface area (Å²) in [5, 5.41) is 19.7. The molecule has 0 heterocycles. The fourth-order valence-electron chi connectivity index (χ4n) is 2.65. The smallest absolute Gasteiger partial charge is 0.328 e. The molecule has 0 saturated heterocycles. The second-order valence-electron chi connectivity index (χ2n) is 5.74. The molecule has 0 aromatic heterocycles. The lowest BCUT2D eigenvalue weighted by Crippen LogP contribution is -2.49. The molecule has 4 nitrogen and oxygen atoms in total. The highest BCUT2D eigenvalue weighted by Crippen LogP contribution is 2.46. The van der Waals surface area contributed by atoms with Gasteiger partial charge >= 0.3 is 5.97 Å². The van der Waals surface area contributed by atoms with Gasteiger partial charge in [-0.25, -0.2) is 4.79 Å². The standard InChI is InChI=1S/C17H20O4/c1-5-7-16(4)11-14(18)10-13(3)17(16,21)8-6-12(2)9-15(19)20/h1,6,8-10,21H,7,11H2,2-4H3,(H,19,20)/b8-6+,12-9-/t16-,17+/m0/s1. The number of aliphatic carboxylic acids is 1. The molecule has 2 atom stereocenters. The molecule has 2 N–H and O–H groups in total. The van der Waals surface area contributed by atoms with E-state index < -0.39 is 17.0 Å². The van der Waals surface area contributed by atoms with Gasteiger partial charge in [0.2, 0.25) is 0 Å². The van der Waals surface area contributed by atoms with E-state index in [0.717, 1.165) is 6.08 Å². The first-order valence-corrected chi connectivity index (χ1v) is 6.62. The predicted octanol–water partition coefficient (Wildman–Crippen LogP) is 2.25. The van der Waals surface area contributed by atoms with Gasteiger partial charge < -0.3 is 10.2 Å². The number of hydrogen-bond donors (Lipinski definition) is 2. The number of carbonyl (C=O) groups excluding carboxylic acids is 1. The van der Waals surface area contributed by atoms with Crippen LogP contribution in [0.2, 0.25) is 0 Å². The van der Waals surface area contributed by atoms with Gasteiger partial charge in [-0.15, -0.1) is 12.3 Å². The Morgan fingerprint density at radius 1 is 1.57 bits per heavy atom. The van der Waals surface area contributed by atoms with Gasteiger partial charge in [-0.1, -0.05) is 13.0 Å². The maximum atomic E-state index is 11.8. The summed E-state index contributed by atoms with van der Waals surface area (Å²) in [6, 6.07) is 0. The molecule has 0 spiro atoms. The molecule has 0 aliphatic heterocycles. The van der Waals surface area contributed by atoms with Crippen LogP contribution in [0.15, 0.2) is 35.5 Å². The Bertz CT molecular complexity index is 588. The fraction of sp³-hybridized carbons (Fsp3) is 0.412. The molecule has 0 saturated carbocycles. The molecule has 21 heavy (non-hydrogen) atoms. The zero-order valence-corrected chi connectivity index (χ0v) is 12.5. The number of aliphatic hydroxyl groups is 1. The van der Waals surface area contributed by atoms with Crippen LogP contribution >= 0.6 is 0 Å². The molecule has 1 aliphatic carbocycles. The highest BCUT2D eigenvalue weighted by Gasteiger charge is 2.49. The van der Waals surface area contributed by atoms with Gasteiger partial charge in [-0.05, 0) is 37.1 Å². The first kappa shape index (κ1) is 16.9. The van der Waals surface area contributed by atoms with Crippen LogP contribution < -0.4 is 0 Å². The van der Waals surface area contributed by atoms with Gasteiger partial charge in [0.15, 0.2) is 5.78 Å². The summed E-state index contributed by atoms with van der Waals surface area (Å²) in [5.41, 5.74) is -1.18. The topological polar surface area (TPSA) is 74.6 Å². The third-order valence-electron chi connectivity index (χ3n) is 3.89. The molecule has 0 amide bonds. The maximum Gasteiger partial charge on any atom is 0.328 e. The van der Waals surface area contributed by atoms with Crippen molar-refractivity contribution in [3.63, 3.8) is 0 Å². The summed E-state index contributed by atoms with van der Waals surface area (Å²) in [6.45, 7) is 5.06. The minimum Gasteiger partial charge on any atom is -0.478 e. The third kappa shape index (κ3) is 3.50. The number of hydrogen-bond acceptors (Lipinski definition) is 3. The fourth-order valence-corrected chi connectivity index (χ4v) is 2.65. The molecule has 0 aromatic rings. The van der Waals surface area contributed by atoms with E-state index in [0.29, 0.717) is 11.1 Å². The molecular weight excluding hydrogens is 268 g/mol. The van der Waals surface area contributed by atoms with Crippen molar-refractivity contribution in [2.45, 2.75) is 39.2 Å². The number of carboxylic acid groups (broad SMARTS) is 1. The molecular formula is C17H20O4. The van der Waals surface area contributed by atoms with Crippen LogP contribution in [0, 0.1) is 17.8 Å². The number of rotatable bonds is 4. The van der Waals surface area contributed by atoms with E-state index >= 15 is 0 Å². The Balaban J connectivity index is 3.28. The summed E-state index contributed by atoms with van der Waals surface area (Å²) in [6.07, 6.45) is 11.3. The van der Waals surface area contributed by atoms with Crippen LogP contribution in [-0.2, 0) is 9.59 Å². The molecule has 1 aliphatic rings. The van der Waals surface area contributed by atoms with Crippen LogP contribution in [0.5, 0.6) is 0 Å².